The van der Waals surface area contributed by atoms with Gasteiger partial charge in [-0.05, 0) is 12.2 Å². The van der Waals surface area contributed by atoms with Gasteiger partial charge in [0.05, 0.1) is 17.6 Å². The summed E-state index contributed by atoms with van der Waals surface area (Å²) >= 11 is 0. The third-order valence-electron chi connectivity index (χ3n) is 1.63. The molecule has 2 N–H and O–H groups in total. The van der Waals surface area contributed by atoms with Crippen LogP contribution in [0.25, 0.3) is 0 Å². The highest BCUT2D eigenvalue weighted by atomic mass is 14.9. The lowest BCUT2D eigenvalue weighted by Gasteiger charge is -1.95. The highest BCUT2D eigenvalue weighted by molar-refractivity contribution is 6.67. The maximum atomic E-state index is 7.46. The molecule has 0 atom stereocenters. The van der Waals surface area contributed by atoms with Gasteiger partial charge in [0, 0.05) is 6.21 Å². The van der Waals surface area contributed by atoms with Crippen LogP contribution in [0.15, 0.2) is 33.5 Å². The van der Waals surface area contributed by atoms with Crippen LogP contribution < -0.4 is 0 Å². The number of hydrogen-bond donors (Lipinski definition) is 2. The minimum atomic E-state index is 0.146. The molecule has 12 heavy (non-hydrogen) atoms. The maximum absolute atomic E-state index is 7.46. The molecule has 2 aliphatic heterocycles. The first-order valence-corrected chi connectivity index (χ1v) is 3.46. The van der Waals surface area contributed by atoms with E-state index in [1.807, 2.05) is 0 Å². The van der Waals surface area contributed by atoms with Crippen LogP contribution in [0.2, 0.25) is 0 Å². The number of nitrogens with one attached hydrogen (secondary N) is 2. The third-order valence-corrected chi connectivity index (χ3v) is 1.63. The van der Waals surface area contributed by atoms with Gasteiger partial charge in [0.2, 0.25) is 0 Å². The molecule has 4 heteroatoms. The van der Waals surface area contributed by atoms with Gasteiger partial charge in [-0.3, -0.25) is 15.8 Å². The van der Waals surface area contributed by atoms with Gasteiger partial charge in [0.15, 0.2) is 0 Å². The SMILES string of the molecule is N=C1C=NC(=C2C=CC=N2)C1=N. The number of allylic oxidation sites excluding steroid dienone is 3. The molecule has 58 valence electrons. The zero-order valence-corrected chi connectivity index (χ0v) is 6.20. The number of aliphatic imine (C=N–C) groups is 2. The lowest BCUT2D eigenvalue weighted by molar-refractivity contribution is 1.33. The standard InChI is InChI=1S/C8H6N4/c9-5-4-12-8(7(5)10)6-2-1-3-11-6/h1-4,9-10H. The lowest BCUT2D eigenvalue weighted by atomic mass is 10.2. The van der Waals surface area contributed by atoms with E-state index in [0.29, 0.717) is 11.4 Å². The number of rotatable bonds is 0. The monoisotopic (exact) mass is 158 g/mol. The fraction of sp³-hybridized carbons (Fsp3) is 0. The van der Waals surface area contributed by atoms with Crippen molar-refractivity contribution in [3.05, 3.63) is 23.5 Å². The van der Waals surface area contributed by atoms with Crippen LogP contribution in [0.4, 0.5) is 0 Å². The Balaban J connectivity index is 2.50. The van der Waals surface area contributed by atoms with Gasteiger partial charge in [-0.15, -0.1) is 0 Å². The summed E-state index contributed by atoms with van der Waals surface area (Å²) < 4.78 is 0. The fourth-order valence-electron chi connectivity index (χ4n) is 1.02. The topological polar surface area (TPSA) is 72.4 Å². The van der Waals surface area contributed by atoms with E-state index in [1.54, 1.807) is 18.4 Å². The molecule has 0 saturated heterocycles. The Morgan fingerprint density at radius 2 is 2.00 bits per heavy atom. The Kier molecular flexibility index (Phi) is 1.33. The zero-order valence-electron chi connectivity index (χ0n) is 6.20. The van der Waals surface area contributed by atoms with E-state index < -0.39 is 0 Å². The van der Waals surface area contributed by atoms with Crippen LogP contribution in [-0.2, 0) is 0 Å². The number of hydrogen-bond acceptors (Lipinski definition) is 4. The first-order valence-electron chi connectivity index (χ1n) is 3.46. The molecule has 0 radical (unpaired) electrons. The molecule has 0 aromatic carbocycles. The summed E-state index contributed by atoms with van der Waals surface area (Å²) in [6.07, 6.45) is 6.58. The van der Waals surface area contributed by atoms with Gasteiger partial charge in [-0.1, -0.05) is 0 Å². The van der Waals surface area contributed by atoms with Crippen LogP contribution in [0.3, 0.4) is 0 Å². The van der Waals surface area contributed by atoms with Crippen molar-refractivity contribution in [1.29, 1.82) is 10.8 Å². The van der Waals surface area contributed by atoms with Crippen molar-refractivity contribution in [1.82, 2.24) is 0 Å². The van der Waals surface area contributed by atoms with Crippen molar-refractivity contribution in [3.63, 3.8) is 0 Å². The summed E-state index contributed by atoms with van der Waals surface area (Å²) in [5.41, 5.74) is 1.45. The Morgan fingerprint density at radius 1 is 1.17 bits per heavy atom. The second-order valence-electron chi connectivity index (χ2n) is 2.42. The van der Waals surface area contributed by atoms with E-state index in [9.17, 15) is 0 Å². The van der Waals surface area contributed by atoms with E-state index >= 15 is 0 Å². The van der Waals surface area contributed by atoms with E-state index in [1.165, 1.54) is 6.21 Å². The Bertz CT molecular complexity index is 368. The average Bonchev–Trinajstić information content (AvgIpc) is 2.64. The quantitative estimate of drug-likeness (QED) is 0.527. The van der Waals surface area contributed by atoms with Crippen LogP contribution in [0.5, 0.6) is 0 Å². The summed E-state index contributed by atoms with van der Waals surface area (Å²) in [5, 5.41) is 14.7. The zero-order chi connectivity index (χ0) is 8.55. The summed E-state index contributed by atoms with van der Waals surface area (Å²) in [4.78, 5) is 7.92. The van der Waals surface area contributed by atoms with Crippen LogP contribution in [0.1, 0.15) is 0 Å². The molecule has 0 amide bonds. The first-order chi connectivity index (χ1) is 5.79. The van der Waals surface area contributed by atoms with Crippen molar-refractivity contribution >= 4 is 23.9 Å². The Morgan fingerprint density at radius 3 is 2.50 bits per heavy atom. The second kappa shape index (κ2) is 2.34. The Labute approximate surface area is 69.1 Å². The van der Waals surface area contributed by atoms with Gasteiger partial charge >= 0.3 is 0 Å². The van der Waals surface area contributed by atoms with E-state index in [0.717, 1.165) is 0 Å². The fourth-order valence-corrected chi connectivity index (χ4v) is 1.02. The van der Waals surface area contributed by atoms with Gasteiger partial charge in [-0.25, -0.2) is 4.99 Å². The predicted molar refractivity (Wildman–Crippen MR) is 48.6 cm³/mol. The molecule has 0 saturated carbocycles. The number of nitrogens with zero attached hydrogens (tertiary/aromatic N) is 2. The molecule has 2 heterocycles. The van der Waals surface area contributed by atoms with Crippen LogP contribution in [-0.4, -0.2) is 23.9 Å². The summed E-state index contributed by atoms with van der Waals surface area (Å²) in [6, 6.07) is 0. The van der Waals surface area contributed by atoms with Gasteiger partial charge < -0.3 is 0 Å². The molecule has 0 bridgehead atoms. The van der Waals surface area contributed by atoms with Crippen molar-refractivity contribution in [2.45, 2.75) is 0 Å². The van der Waals surface area contributed by atoms with E-state index in [2.05, 4.69) is 9.98 Å². The molecule has 0 fully saturated rings. The normalized spacial score (nSPS) is 26.3. The van der Waals surface area contributed by atoms with Crippen molar-refractivity contribution in [2.24, 2.45) is 9.98 Å². The largest absolute Gasteiger partial charge is 0.297 e. The minimum absolute atomic E-state index is 0.146. The Hall–Kier alpha value is -1.84. The molecule has 0 aromatic rings. The van der Waals surface area contributed by atoms with Crippen molar-refractivity contribution in [2.75, 3.05) is 0 Å². The summed E-state index contributed by atoms with van der Waals surface area (Å²) in [7, 11) is 0. The first kappa shape index (κ1) is 6.84. The second-order valence-corrected chi connectivity index (χ2v) is 2.42. The van der Waals surface area contributed by atoms with Gasteiger partial charge in [0.25, 0.3) is 0 Å². The molecule has 0 spiro atoms. The third kappa shape index (κ3) is 0.852. The average molecular weight is 158 g/mol. The summed E-state index contributed by atoms with van der Waals surface area (Å²) in [6.45, 7) is 0. The molecule has 4 nitrogen and oxygen atoms in total. The molecule has 2 aliphatic rings. The van der Waals surface area contributed by atoms with E-state index in [-0.39, 0.29) is 11.4 Å². The molecule has 0 unspecified atom stereocenters. The van der Waals surface area contributed by atoms with E-state index in [4.69, 9.17) is 10.8 Å². The smallest absolute Gasteiger partial charge is 0.116 e. The predicted octanol–water partition coefficient (Wildman–Crippen LogP) is 0.963. The molecule has 2 rings (SSSR count). The van der Waals surface area contributed by atoms with Crippen molar-refractivity contribution in [3.8, 4) is 0 Å². The van der Waals surface area contributed by atoms with Crippen LogP contribution in [0, 0.1) is 10.8 Å². The van der Waals surface area contributed by atoms with Gasteiger partial charge in [-0.2, -0.15) is 0 Å². The van der Waals surface area contributed by atoms with Crippen molar-refractivity contribution < 1.29 is 0 Å². The molecular formula is C8H6N4. The minimum Gasteiger partial charge on any atom is -0.297 e. The lowest BCUT2D eigenvalue weighted by Crippen LogP contribution is -2.07. The molecule has 0 aliphatic carbocycles. The summed E-state index contributed by atoms with van der Waals surface area (Å²) in [5.74, 6) is 0. The van der Waals surface area contributed by atoms with Gasteiger partial charge in [0.1, 0.15) is 11.4 Å². The molecular weight excluding hydrogens is 152 g/mol. The maximum Gasteiger partial charge on any atom is 0.116 e. The highest BCUT2D eigenvalue weighted by Gasteiger charge is 2.18. The highest BCUT2D eigenvalue weighted by Crippen LogP contribution is 2.16. The molecule has 0 aromatic heterocycles. The van der Waals surface area contributed by atoms with Crippen LogP contribution >= 0.6 is 0 Å².